The van der Waals surface area contributed by atoms with Gasteiger partial charge in [-0.2, -0.15) is 0 Å². The molecule has 29 heavy (non-hydrogen) atoms. The van der Waals surface area contributed by atoms with Gasteiger partial charge >= 0.3 is 6.03 Å². The average molecular weight is 391 g/mol. The molecule has 0 aromatic heterocycles. The molecule has 0 aliphatic carbocycles. The number of carbonyl (C=O) groups is 1. The van der Waals surface area contributed by atoms with Crippen molar-refractivity contribution in [3.63, 3.8) is 0 Å². The summed E-state index contributed by atoms with van der Waals surface area (Å²) in [5.41, 5.74) is 9.75. The van der Waals surface area contributed by atoms with Gasteiger partial charge in [0, 0.05) is 22.9 Å². The molecule has 0 radical (unpaired) electrons. The van der Waals surface area contributed by atoms with Crippen LogP contribution in [0, 0.1) is 19.3 Å². The molecule has 1 aliphatic heterocycles. The van der Waals surface area contributed by atoms with Gasteiger partial charge in [0.15, 0.2) is 6.21 Å². The monoisotopic (exact) mass is 390 g/mol. The van der Waals surface area contributed by atoms with Crippen molar-refractivity contribution in [1.82, 2.24) is 5.43 Å². The van der Waals surface area contributed by atoms with Crippen molar-refractivity contribution < 1.29 is 9.48 Å². The Morgan fingerprint density at radius 3 is 2.34 bits per heavy atom. The summed E-state index contributed by atoms with van der Waals surface area (Å²) in [5, 5.41) is 2.99. The Kier molecular flexibility index (Phi) is 5.92. The molecule has 2 aromatic carbocycles. The highest BCUT2D eigenvalue weighted by atomic mass is 16.2. The quantitative estimate of drug-likeness (QED) is 0.645. The van der Waals surface area contributed by atoms with E-state index in [4.69, 9.17) is 0 Å². The molecule has 0 saturated carbocycles. The number of benzene rings is 2. The maximum atomic E-state index is 12.8. The zero-order chi connectivity index (χ0) is 21.2. The van der Waals surface area contributed by atoms with Crippen molar-refractivity contribution in [3.8, 4) is 0 Å². The number of hydrogen-bond donors (Lipinski definition) is 2. The fraction of sp³-hybridized carbons (Fsp3) is 0.360. The lowest BCUT2D eigenvalue weighted by Crippen LogP contribution is -2.39. The third kappa shape index (κ3) is 4.94. The summed E-state index contributed by atoms with van der Waals surface area (Å²) in [6.45, 7) is 12.8. The minimum Gasteiger partial charge on any atom is -0.304 e. The van der Waals surface area contributed by atoms with Crippen LogP contribution in [-0.2, 0) is 6.42 Å². The minimum absolute atomic E-state index is 0.00241. The van der Waals surface area contributed by atoms with Crippen LogP contribution in [0.5, 0.6) is 0 Å². The Labute approximate surface area is 174 Å². The number of amides is 2. The second kappa shape index (κ2) is 8.24. The van der Waals surface area contributed by atoms with Crippen molar-refractivity contribution >= 4 is 17.9 Å². The molecule has 4 heteroatoms. The lowest BCUT2D eigenvalue weighted by atomic mass is 9.87. The average Bonchev–Trinajstić information content (AvgIpc) is 3.08. The zero-order valence-electron chi connectivity index (χ0n) is 18.3. The standard InChI is InChI=1S/C25H31N3O/c1-7-19-10-13-22(18(3)14-19)26-24(29)27-28-16-21(25(4,5)6)15-23(28)20-11-8-17(2)9-12-20/h8-16,23H,7H2,1-6H3,(H-,26,27,29)/p+1. The molecule has 1 aliphatic rings. The number of hydrazine groups is 1. The number of nitrogens with one attached hydrogen (secondary N) is 2. The van der Waals surface area contributed by atoms with Gasteiger partial charge in [0.05, 0.1) is 0 Å². The normalized spacial score (nSPS) is 16.3. The summed E-state index contributed by atoms with van der Waals surface area (Å²) < 4.78 is 1.90. The van der Waals surface area contributed by atoms with Crippen molar-refractivity contribution in [1.29, 1.82) is 0 Å². The van der Waals surface area contributed by atoms with Crippen molar-refractivity contribution in [2.75, 3.05) is 5.32 Å². The lowest BCUT2D eigenvalue weighted by Gasteiger charge is -2.15. The third-order valence-corrected chi connectivity index (χ3v) is 5.38. The van der Waals surface area contributed by atoms with Crippen molar-refractivity contribution in [2.45, 2.75) is 54.0 Å². The van der Waals surface area contributed by atoms with Crippen LogP contribution >= 0.6 is 0 Å². The Hall–Kier alpha value is -2.88. The number of aryl methyl sites for hydroxylation is 3. The van der Waals surface area contributed by atoms with Gasteiger partial charge in [-0.3, -0.25) is 0 Å². The molecule has 0 fully saturated rings. The third-order valence-electron chi connectivity index (χ3n) is 5.38. The maximum absolute atomic E-state index is 12.8. The van der Waals surface area contributed by atoms with E-state index >= 15 is 0 Å². The predicted molar refractivity (Wildman–Crippen MR) is 120 cm³/mol. The molecule has 152 valence electrons. The molecule has 1 unspecified atom stereocenters. The molecule has 1 atom stereocenters. The second-order valence-corrected chi connectivity index (χ2v) is 8.83. The molecular weight excluding hydrogens is 358 g/mol. The summed E-state index contributed by atoms with van der Waals surface area (Å²) in [7, 11) is 0. The fourth-order valence-electron chi connectivity index (χ4n) is 3.44. The van der Waals surface area contributed by atoms with Gasteiger partial charge in [0.2, 0.25) is 6.04 Å². The molecular formula is C25H32N3O+. The van der Waals surface area contributed by atoms with E-state index in [9.17, 15) is 4.79 Å². The van der Waals surface area contributed by atoms with Crippen LogP contribution < -0.4 is 10.7 Å². The first-order chi connectivity index (χ1) is 13.7. The van der Waals surface area contributed by atoms with E-state index in [1.165, 1.54) is 16.7 Å². The molecule has 2 amide bonds. The van der Waals surface area contributed by atoms with E-state index in [0.29, 0.717) is 0 Å². The van der Waals surface area contributed by atoms with Crippen LogP contribution in [0.1, 0.15) is 56.0 Å². The summed E-state index contributed by atoms with van der Waals surface area (Å²) in [6, 6.07) is 14.3. The number of allylic oxidation sites excluding steroid dienone is 1. The summed E-state index contributed by atoms with van der Waals surface area (Å²) in [4.78, 5) is 12.8. The SMILES string of the molecule is CCc1ccc(NC(=O)N[N+]2=CC(C(C)(C)C)=CC2c2ccc(C)cc2)c(C)c1. The topological polar surface area (TPSA) is 44.1 Å². The van der Waals surface area contributed by atoms with E-state index in [1.54, 1.807) is 0 Å². The highest BCUT2D eigenvalue weighted by Crippen LogP contribution is 2.32. The molecule has 1 heterocycles. The lowest BCUT2D eigenvalue weighted by molar-refractivity contribution is -0.595. The van der Waals surface area contributed by atoms with Crippen molar-refractivity contribution in [3.05, 3.63) is 76.4 Å². The number of hydrogen-bond acceptors (Lipinski definition) is 1. The van der Waals surface area contributed by atoms with Crippen LogP contribution in [0.3, 0.4) is 0 Å². The van der Waals surface area contributed by atoms with E-state index in [0.717, 1.165) is 23.2 Å². The van der Waals surface area contributed by atoms with Gasteiger partial charge in [0.25, 0.3) is 0 Å². The number of nitrogens with zero attached hydrogens (tertiary/aromatic N) is 1. The fourth-order valence-corrected chi connectivity index (χ4v) is 3.44. The van der Waals surface area contributed by atoms with E-state index in [2.05, 4.69) is 87.8 Å². The largest absolute Gasteiger partial charge is 0.372 e. The molecule has 2 N–H and O–H groups in total. The van der Waals surface area contributed by atoms with Crippen LogP contribution in [0.25, 0.3) is 0 Å². The van der Waals surface area contributed by atoms with Gasteiger partial charge < -0.3 is 5.32 Å². The predicted octanol–water partition coefficient (Wildman–Crippen LogP) is 5.71. The summed E-state index contributed by atoms with van der Waals surface area (Å²) in [6.07, 6.45) is 5.25. The minimum atomic E-state index is -0.241. The Morgan fingerprint density at radius 1 is 1.07 bits per heavy atom. The smallest absolute Gasteiger partial charge is 0.304 e. The highest BCUT2D eigenvalue weighted by Gasteiger charge is 2.34. The van der Waals surface area contributed by atoms with Crippen LogP contribution in [0.2, 0.25) is 0 Å². The highest BCUT2D eigenvalue weighted by molar-refractivity contribution is 5.90. The summed E-state index contributed by atoms with van der Waals surface area (Å²) >= 11 is 0. The Bertz CT molecular complexity index is 963. The first kappa shape index (κ1) is 20.8. The Morgan fingerprint density at radius 2 is 1.76 bits per heavy atom. The molecule has 3 rings (SSSR count). The number of hydrazone groups is 1. The van der Waals surface area contributed by atoms with Gasteiger partial charge in [0.1, 0.15) is 0 Å². The van der Waals surface area contributed by atoms with Gasteiger partial charge in [-0.05, 0) is 42.9 Å². The molecule has 0 saturated heterocycles. The number of anilines is 1. The van der Waals surface area contributed by atoms with Crippen LogP contribution in [0.15, 0.2) is 54.1 Å². The zero-order valence-corrected chi connectivity index (χ0v) is 18.3. The number of rotatable bonds is 4. The molecule has 0 bridgehead atoms. The van der Waals surface area contributed by atoms with Gasteiger partial charge in [-0.1, -0.05) is 69.7 Å². The van der Waals surface area contributed by atoms with E-state index in [-0.39, 0.29) is 17.5 Å². The number of carbonyl (C=O) groups excluding carboxylic acids is 1. The van der Waals surface area contributed by atoms with Crippen LogP contribution in [0.4, 0.5) is 10.5 Å². The maximum Gasteiger partial charge on any atom is 0.372 e. The van der Waals surface area contributed by atoms with Crippen molar-refractivity contribution in [2.24, 2.45) is 5.41 Å². The molecule has 4 nitrogen and oxygen atoms in total. The van der Waals surface area contributed by atoms with E-state index < -0.39 is 0 Å². The van der Waals surface area contributed by atoms with Gasteiger partial charge in [-0.15, -0.1) is 10.1 Å². The molecule has 2 aromatic rings. The van der Waals surface area contributed by atoms with E-state index in [1.807, 2.05) is 23.9 Å². The Balaban J connectivity index is 1.81. The summed E-state index contributed by atoms with van der Waals surface area (Å²) in [5.74, 6) is 0. The number of urea groups is 1. The first-order valence-corrected chi connectivity index (χ1v) is 10.3. The van der Waals surface area contributed by atoms with Gasteiger partial charge in [-0.25, -0.2) is 4.79 Å². The second-order valence-electron chi connectivity index (χ2n) is 8.83. The molecule has 0 spiro atoms. The van der Waals surface area contributed by atoms with Crippen LogP contribution in [-0.4, -0.2) is 16.9 Å². The first-order valence-electron chi connectivity index (χ1n) is 10.3.